The molecule has 1 heteroatoms. The monoisotopic (exact) mass is 226 g/mol. The molecule has 0 aliphatic heterocycles. The third-order valence-corrected chi connectivity index (χ3v) is 3.24. The molecule has 0 heterocycles. The fraction of sp³-hybridized carbons (Fsp3) is 0.250. The van der Waals surface area contributed by atoms with Gasteiger partial charge in [-0.25, -0.2) is 0 Å². The quantitative estimate of drug-likeness (QED) is 0.815. The Bertz CT molecular complexity index is 515. The Labute approximate surface area is 103 Å². The van der Waals surface area contributed by atoms with Crippen LogP contribution in [0.25, 0.3) is 0 Å². The van der Waals surface area contributed by atoms with Crippen LogP contribution in [0, 0.1) is 13.8 Å². The molecular weight excluding hydrogens is 208 g/mol. The molecule has 0 aliphatic carbocycles. The summed E-state index contributed by atoms with van der Waals surface area (Å²) in [5, 5.41) is 10.2. The van der Waals surface area contributed by atoms with Crippen LogP contribution in [-0.2, 0) is 0 Å². The van der Waals surface area contributed by atoms with Crippen LogP contribution in [-0.4, -0.2) is 5.11 Å². The zero-order valence-electron chi connectivity index (χ0n) is 10.6. The van der Waals surface area contributed by atoms with Gasteiger partial charge in [0.25, 0.3) is 0 Å². The van der Waals surface area contributed by atoms with E-state index in [4.69, 9.17) is 0 Å². The number of aromatic hydroxyl groups is 1. The molecule has 1 nitrogen and oxygen atoms in total. The maximum absolute atomic E-state index is 10.2. The van der Waals surface area contributed by atoms with Gasteiger partial charge in [0.1, 0.15) is 5.75 Å². The van der Waals surface area contributed by atoms with Gasteiger partial charge in [-0.15, -0.1) is 0 Å². The summed E-state index contributed by atoms with van der Waals surface area (Å²) in [4.78, 5) is 0. The molecule has 0 amide bonds. The minimum atomic E-state index is 0.217. The van der Waals surface area contributed by atoms with E-state index in [0.29, 0.717) is 5.75 Å². The Morgan fingerprint density at radius 2 is 1.65 bits per heavy atom. The molecule has 0 spiro atoms. The first-order valence-corrected chi connectivity index (χ1v) is 5.94. The fourth-order valence-corrected chi connectivity index (χ4v) is 2.24. The number of hydrogen-bond acceptors (Lipinski definition) is 1. The van der Waals surface area contributed by atoms with Crippen LogP contribution in [0.2, 0.25) is 0 Å². The second-order valence-corrected chi connectivity index (χ2v) is 4.65. The highest BCUT2D eigenvalue weighted by Crippen LogP contribution is 2.33. The maximum atomic E-state index is 10.2. The summed E-state index contributed by atoms with van der Waals surface area (Å²) in [5.41, 5.74) is 4.38. The minimum Gasteiger partial charge on any atom is -0.507 e. The lowest BCUT2D eigenvalue weighted by Crippen LogP contribution is -1.98. The van der Waals surface area contributed by atoms with E-state index in [2.05, 4.69) is 32.0 Å². The Hall–Kier alpha value is -1.76. The second kappa shape index (κ2) is 4.62. The molecule has 88 valence electrons. The van der Waals surface area contributed by atoms with Crippen molar-refractivity contribution in [3.05, 3.63) is 64.7 Å². The summed E-state index contributed by atoms with van der Waals surface area (Å²) >= 11 is 0. The van der Waals surface area contributed by atoms with E-state index in [9.17, 15) is 5.11 Å². The molecule has 2 aromatic rings. The van der Waals surface area contributed by atoms with Crippen molar-refractivity contribution < 1.29 is 5.11 Å². The first-order valence-electron chi connectivity index (χ1n) is 5.94. The van der Waals surface area contributed by atoms with Gasteiger partial charge in [0, 0.05) is 11.5 Å². The van der Waals surface area contributed by atoms with Crippen LogP contribution in [0.3, 0.4) is 0 Å². The third-order valence-electron chi connectivity index (χ3n) is 3.24. The lowest BCUT2D eigenvalue weighted by molar-refractivity contribution is 0.461. The Kier molecular flexibility index (Phi) is 3.19. The van der Waals surface area contributed by atoms with Gasteiger partial charge >= 0.3 is 0 Å². The van der Waals surface area contributed by atoms with Crippen molar-refractivity contribution in [2.45, 2.75) is 26.7 Å². The van der Waals surface area contributed by atoms with Gasteiger partial charge < -0.3 is 5.11 Å². The smallest absolute Gasteiger partial charge is 0.122 e. The molecule has 0 aliphatic rings. The topological polar surface area (TPSA) is 20.2 Å². The van der Waals surface area contributed by atoms with Crippen molar-refractivity contribution in [2.75, 3.05) is 0 Å². The Morgan fingerprint density at radius 3 is 2.29 bits per heavy atom. The standard InChI is InChI=1S/C16H18O/c1-11-9-12(2)16(17)15(10-11)13(3)14-7-5-4-6-8-14/h4-10,13,17H,1-3H3. The maximum Gasteiger partial charge on any atom is 0.122 e. The van der Waals surface area contributed by atoms with Crippen LogP contribution in [0.1, 0.15) is 35.1 Å². The van der Waals surface area contributed by atoms with Gasteiger partial charge in [-0.2, -0.15) is 0 Å². The van der Waals surface area contributed by atoms with Crippen LogP contribution in [0.15, 0.2) is 42.5 Å². The Balaban J connectivity index is 2.48. The fourth-order valence-electron chi connectivity index (χ4n) is 2.24. The van der Waals surface area contributed by atoms with Crippen molar-refractivity contribution in [2.24, 2.45) is 0 Å². The third kappa shape index (κ3) is 2.33. The number of phenolic OH excluding ortho intramolecular Hbond substituents is 1. The molecule has 0 radical (unpaired) electrons. The van der Waals surface area contributed by atoms with Crippen molar-refractivity contribution in [1.29, 1.82) is 0 Å². The van der Waals surface area contributed by atoms with E-state index in [1.54, 1.807) is 0 Å². The molecule has 2 rings (SSSR count). The molecule has 0 saturated carbocycles. The lowest BCUT2D eigenvalue weighted by atomic mass is 9.90. The largest absolute Gasteiger partial charge is 0.507 e. The van der Waals surface area contributed by atoms with Crippen LogP contribution in [0.5, 0.6) is 5.75 Å². The molecule has 1 unspecified atom stereocenters. The van der Waals surface area contributed by atoms with Crippen molar-refractivity contribution in [1.82, 2.24) is 0 Å². The molecule has 17 heavy (non-hydrogen) atoms. The van der Waals surface area contributed by atoms with E-state index in [0.717, 1.165) is 11.1 Å². The molecule has 1 atom stereocenters. The van der Waals surface area contributed by atoms with E-state index >= 15 is 0 Å². The molecule has 0 aromatic heterocycles. The molecule has 0 bridgehead atoms. The molecular formula is C16H18O. The molecule has 1 N–H and O–H groups in total. The highest BCUT2D eigenvalue weighted by atomic mass is 16.3. The molecule has 2 aromatic carbocycles. The summed E-state index contributed by atoms with van der Waals surface area (Å²) in [6, 6.07) is 14.4. The number of benzene rings is 2. The van der Waals surface area contributed by atoms with Crippen LogP contribution >= 0.6 is 0 Å². The first kappa shape index (κ1) is 11.7. The zero-order valence-corrected chi connectivity index (χ0v) is 10.6. The normalized spacial score (nSPS) is 12.4. The zero-order chi connectivity index (χ0) is 12.4. The second-order valence-electron chi connectivity index (χ2n) is 4.65. The van der Waals surface area contributed by atoms with E-state index in [-0.39, 0.29) is 5.92 Å². The summed E-state index contributed by atoms with van der Waals surface area (Å²) < 4.78 is 0. The summed E-state index contributed by atoms with van der Waals surface area (Å²) in [5.74, 6) is 0.641. The number of hydrogen-bond donors (Lipinski definition) is 1. The van der Waals surface area contributed by atoms with Gasteiger partial charge in [0.05, 0.1) is 0 Å². The SMILES string of the molecule is Cc1cc(C)c(O)c(C(C)c2ccccc2)c1. The van der Waals surface area contributed by atoms with Gasteiger partial charge in [0.2, 0.25) is 0 Å². The average molecular weight is 226 g/mol. The van der Waals surface area contributed by atoms with Gasteiger partial charge in [0.15, 0.2) is 0 Å². The first-order chi connectivity index (χ1) is 8.09. The predicted molar refractivity (Wildman–Crippen MR) is 71.5 cm³/mol. The Morgan fingerprint density at radius 1 is 1.00 bits per heavy atom. The van der Waals surface area contributed by atoms with E-state index < -0.39 is 0 Å². The summed E-state index contributed by atoms with van der Waals surface area (Å²) in [6.45, 7) is 6.14. The number of aryl methyl sites for hydroxylation is 2. The van der Waals surface area contributed by atoms with Crippen molar-refractivity contribution in [3.8, 4) is 5.75 Å². The molecule has 0 fully saturated rings. The average Bonchev–Trinajstić information content (AvgIpc) is 2.34. The van der Waals surface area contributed by atoms with E-state index in [1.165, 1.54) is 11.1 Å². The summed E-state index contributed by atoms with van der Waals surface area (Å²) in [7, 11) is 0. The highest BCUT2D eigenvalue weighted by molar-refractivity contribution is 5.47. The van der Waals surface area contributed by atoms with E-state index in [1.807, 2.05) is 31.2 Å². The van der Waals surface area contributed by atoms with Crippen LogP contribution < -0.4 is 0 Å². The van der Waals surface area contributed by atoms with Gasteiger partial charge in [-0.1, -0.05) is 55.0 Å². The predicted octanol–water partition coefficient (Wildman–Crippen LogP) is 4.16. The minimum absolute atomic E-state index is 0.217. The number of rotatable bonds is 2. The van der Waals surface area contributed by atoms with Gasteiger partial charge in [-0.3, -0.25) is 0 Å². The van der Waals surface area contributed by atoms with Crippen molar-refractivity contribution in [3.63, 3.8) is 0 Å². The lowest BCUT2D eigenvalue weighted by Gasteiger charge is -2.16. The van der Waals surface area contributed by atoms with Crippen molar-refractivity contribution >= 4 is 0 Å². The molecule has 0 saturated heterocycles. The highest BCUT2D eigenvalue weighted by Gasteiger charge is 2.14. The van der Waals surface area contributed by atoms with Crippen LogP contribution in [0.4, 0.5) is 0 Å². The number of phenols is 1. The van der Waals surface area contributed by atoms with Gasteiger partial charge in [-0.05, 0) is 25.0 Å². The summed E-state index contributed by atoms with van der Waals surface area (Å²) in [6.07, 6.45) is 0.